The molecule has 5 nitrogen and oxygen atoms in total. The first kappa shape index (κ1) is 13.4. The fourth-order valence-corrected chi connectivity index (χ4v) is 2.25. The first-order valence-electron chi connectivity index (χ1n) is 5.70. The summed E-state index contributed by atoms with van der Waals surface area (Å²) >= 11 is 1.41. The summed E-state index contributed by atoms with van der Waals surface area (Å²) in [5.74, 6) is -0.0475. The molecule has 1 aromatic carbocycles. The van der Waals surface area contributed by atoms with Crippen molar-refractivity contribution < 1.29 is 14.6 Å². The number of anilines is 1. The van der Waals surface area contributed by atoms with Crippen LogP contribution in [-0.4, -0.2) is 23.2 Å². The van der Waals surface area contributed by atoms with Crippen LogP contribution in [-0.2, 0) is 17.8 Å². The minimum absolute atomic E-state index is 0.0410. The molecule has 0 spiro atoms. The summed E-state index contributed by atoms with van der Waals surface area (Å²) in [6.45, 7) is 0.643. The molecule has 2 aromatic rings. The number of nitrogens with zero attached hydrogens (tertiary/aromatic N) is 1. The number of carboxylic acid groups (broad SMARTS) is 1. The summed E-state index contributed by atoms with van der Waals surface area (Å²) in [5.41, 5.74) is 1.69. The molecule has 0 fully saturated rings. The lowest BCUT2D eigenvalue weighted by Crippen LogP contribution is -2.02. The van der Waals surface area contributed by atoms with Gasteiger partial charge in [0.2, 0.25) is 0 Å². The van der Waals surface area contributed by atoms with E-state index in [0.717, 1.165) is 16.4 Å². The number of methoxy groups -OCH3 is 1. The third-order valence-electron chi connectivity index (χ3n) is 2.49. The SMILES string of the molecule is COc1ccc(CNc2nc(CC(=O)O)cs2)cc1. The van der Waals surface area contributed by atoms with E-state index in [1.165, 1.54) is 11.3 Å². The Morgan fingerprint density at radius 1 is 1.42 bits per heavy atom. The highest BCUT2D eigenvalue weighted by Gasteiger charge is 2.05. The van der Waals surface area contributed by atoms with Crippen molar-refractivity contribution in [2.45, 2.75) is 13.0 Å². The van der Waals surface area contributed by atoms with Crippen molar-refractivity contribution in [1.82, 2.24) is 4.98 Å². The second-order valence-electron chi connectivity index (χ2n) is 3.92. The molecule has 6 heteroatoms. The number of hydrogen-bond donors (Lipinski definition) is 2. The molecular formula is C13H14N2O3S. The molecule has 0 unspecified atom stereocenters. The first-order valence-corrected chi connectivity index (χ1v) is 6.58. The fourth-order valence-electron chi connectivity index (χ4n) is 1.55. The molecule has 0 amide bonds. The Morgan fingerprint density at radius 2 is 2.16 bits per heavy atom. The van der Waals surface area contributed by atoms with Crippen molar-refractivity contribution in [3.63, 3.8) is 0 Å². The lowest BCUT2D eigenvalue weighted by atomic mass is 10.2. The number of aromatic nitrogens is 1. The predicted octanol–water partition coefficient (Wildman–Crippen LogP) is 2.39. The lowest BCUT2D eigenvalue weighted by molar-refractivity contribution is -0.136. The molecule has 0 aliphatic rings. The first-order chi connectivity index (χ1) is 9.17. The van der Waals surface area contributed by atoms with Crippen LogP contribution in [0.25, 0.3) is 0 Å². The number of nitrogens with one attached hydrogen (secondary N) is 1. The zero-order valence-corrected chi connectivity index (χ0v) is 11.2. The van der Waals surface area contributed by atoms with Crippen molar-refractivity contribution >= 4 is 22.4 Å². The maximum absolute atomic E-state index is 10.6. The Hall–Kier alpha value is -2.08. The number of rotatable bonds is 6. The van der Waals surface area contributed by atoms with Crippen molar-refractivity contribution in [1.29, 1.82) is 0 Å². The second kappa shape index (κ2) is 6.19. The molecule has 19 heavy (non-hydrogen) atoms. The van der Waals surface area contributed by atoms with Crippen molar-refractivity contribution in [3.05, 3.63) is 40.9 Å². The van der Waals surface area contributed by atoms with Gasteiger partial charge < -0.3 is 15.2 Å². The standard InChI is InChI=1S/C13H14N2O3S/c1-18-11-4-2-9(3-5-11)7-14-13-15-10(8-19-13)6-12(16)17/h2-5,8H,6-7H2,1H3,(H,14,15)(H,16,17). The Labute approximate surface area is 114 Å². The number of carbonyl (C=O) groups is 1. The van der Waals surface area contributed by atoms with Crippen molar-refractivity contribution in [2.75, 3.05) is 12.4 Å². The summed E-state index contributed by atoms with van der Waals surface area (Å²) < 4.78 is 5.09. The second-order valence-corrected chi connectivity index (χ2v) is 4.77. The topological polar surface area (TPSA) is 71.5 Å². The van der Waals surface area contributed by atoms with E-state index in [4.69, 9.17) is 9.84 Å². The van der Waals surface area contributed by atoms with E-state index in [2.05, 4.69) is 10.3 Å². The maximum atomic E-state index is 10.6. The van der Waals surface area contributed by atoms with E-state index < -0.39 is 5.97 Å². The van der Waals surface area contributed by atoms with Crippen LogP contribution in [0.4, 0.5) is 5.13 Å². The van der Waals surface area contributed by atoms with E-state index in [1.54, 1.807) is 12.5 Å². The van der Waals surface area contributed by atoms with Crippen LogP contribution in [0.15, 0.2) is 29.6 Å². The zero-order chi connectivity index (χ0) is 13.7. The minimum Gasteiger partial charge on any atom is -0.497 e. The van der Waals surface area contributed by atoms with Crippen LogP contribution < -0.4 is 10.1 Å². The lowest BCUT2D eigenvalue weighted by Gasteiger charge is -2.04. The predicted molar refractivity (Wildman–Crippen MR) is 73.8 cm³/mol. The number of ether oxygens (including phenoxy) is 1. The van der Waals surface area contributed by atoms with Gasteiger partial charge in [-0.2, -0.15) is 0 Å². The van der Waals surface area contributed by atoms with Gasteiger partial charge in [-0.15, -0.1) is 11.3 Å². The molecule has 0 saturated heterocycles. The normalized spacial score (nSPS) is 10.2. The number of benzene rings is 1. The quantitative estimate of drug-likeness (QED) is 0.849. The van der Waals surface area contributed by atoms with Crippen LogP contribution in [0, 0.1) is 0 Å². The van der Waals surface area contributed by atoms with E-state index >= 15 is 0 Å². The van der Waals surface area contributed by atoms with Crippen LogP contribution >= 0.6 is 11.3 Å². The van der Waals surface area contributed by atoms with E-state index in [-0.39, 0.29) is 6.42 Å². The number of aliphatic carboxylic acids is 1. The molecule has 2 N–H and O–H groups in total. The highest BCUT2D eigenvalue weighted by atomic mass is 32.1. The molecule has 0 atom stereocenters. The average Bonchev–Trinajstić information content (AvgIpc) is 2.84. The van der Waals surface area contributed by atoms with E-state index in [0.29, 0.717) is 12.2 Å². The van der Waals surface area contributed by atoms with E-state index in [1.807, 2.05) is 24.3 Å². The van der Waals surface area contributed by atoms with Gasteiger partial charge in [-0.05, 0) is 17.7 Å². The van der Waals surface area contributed by atoms with Gasteiger partial charge in [-0.1, -0.05) is 12.1 Å². The number of hydrogen-bond acceptors (Lipinski definition) is 5. The summed E-state index contributed by atoms with van der Waals surface area (Å²) in [5, 5.41) is 14.3. The molecule has 1 aromatic heterocycles. The summed E-state index contributed by atoms with van der Waals surface area (Å²) in [7, 11) is 1.63. The van der Waals surface area contributed by atoms with Gasteiger partial charge in [0.1, 0.15) is 5.75 Å². The molecular weight excluding hydrogens is 264 g/mol. The molecule has 0 aliphatic carbocycles. The van der Waals surface area contributed by atoms with Crippen molar-refractivity contribution in [2.24, 2.45) is 0 Å². The molecule has 2 rings (SSSR count). The van der Waals surface area contributed by atoms with E-state index in [9.17, 15) is 4.79 Å². The van der Waals surface area contributed by atoms with Crippen LogP contribution in [0.3, 0.4) is 0 Å². The third-order valence-corrected chi connectivity index (χ3v) is 3.34. The number of carboxylic acids is 1. The van der Waals surface area contributed by atoms with Gasteiger partial charge in [0.05, 0.1) is 19.2 Å². The van der Waals surface area contributed by atoms with Gasteiger partial charge >= 0.3 is 5.97 Å². The van der Waals surface area contributed by atoms with Crippen LogP contribution in [0.2, 0.25) is 0 Å². The number of thiazole rings is 1. The highest BCUT2D eigenvalue weighted by Crippen LogP contribution is 2.17. The van der Waals surface area contributed by atoms with Gasteiger partial charge in [-0.3, -0.25) is 4.79 Å². The van der Waals surface area contributed by atoms with Gasteiger partial charge in [0, 0.05) is 11.9 Å². The Morgan fingerprint density at radius 3 is 2.79 bits per heavy atom. The Kier molecular flexibility index (Phi) is 4.35. The zero-order valence-electron chi connectivity index (χ0n) is 10.4. The van der Waals surface area contributed by atoms with Gasteiger partial charge in [0.15, 0.2) is 5.13 Å². The monoisotopic (exact) mass is 278 g/mol. The molecule has 0 aliphatic heterocycles. The molecule has 0 radical (unpaired) electrons. The summed E-state index contributed by atoms with van der Waals surface area (Å²) in [4.78, 5) is 14.8. The minimum atomic E-state index is -0.869. The fraction of sp³-hybridized carbons (Fsp3) is 0.231. The van der Waals surface area contributed by atoms with Gasteiger partial charge in [-0.25, -0.2) is 4.98 Å². The Bertz CT molecular complexity index is 551. The largest absolute Gasteiger partial charge is 0.497 e. The molecule has 1 heterocycles. The third kappa shape index (κ3) is 3.96. The summed E-state index contributed by atoms with van der Waals surface area (Å²) in [6, 6.07) is 7.73. The van der Waals surface area contributed by atoms with Gasteiger partial charge in [0.25, 0.3) is 0 Å². The average molecular weight is 278 g/mol. The summed E-state index contributed by atoms with van der Waals surface area (Å²) in [6.07, 6.45) is -0.0410. The Balaban J connectivity index is 1.90. The van der Waals surface area contributed by atoms with Crippen molar-refractivity contribution in [3.8, 4) is 5.75 Å². The smallest absolute Gasteiger partial charge is 0.309 e. The molecule has 0 bridgehead atoms. The van der Waals surface area contributed by atoms with Crippen LogP contribution in [0.5, 0.6) is 5.75 Å². The van der Waals surface area contributed by atoms with Crippen LogP contribution in [0.1, 0.15) is 11.3 Å². The maximum Gasteiger partial charge on any atom is 0.309 e. The molecule has 100 valence electrons. The highest BCUT2D eigenvalue weighted by molar-refractivity contribution is 7.13. The molecule has 0 saturated carbocycles.